The highest BCUT2D eigenvalue weighted by atomic mass is 35.5. The highest BCUT2D eigenvalue weighted by molar-refractivity contribution is 6.63. The third-order valence-electron chi connectivity index (χ3n) is 5.18. The Morgan fingerprint density at radius 1 is 1.07 bits per heavy atom. The first kappa shape index (κ1) is 21.2. The monoisotopic (exact) mass is 424 g/mol. The lowest BCUT2D eigenvalue weighted by molar-refractivity contribution is 0.00578. The van der Waals surface area contributed by atoms with Crippen LogP contribution >= 0.6 is 23.2 Å². The summed E-state index contributed by atoms with van der Waals surface area (Å²) >= 11 is 12.8. The van der Waals surface area contributed by atoms with Gasteiger partial charge in [0, 0.05) is 11.6 Å². The van der Waals surface area contributed by atoms with Crippen LogP contribution in [0.1, 0.15) is 53.0 Å². The fourth-order valence-corrected chi connectivity index (χ4v) is 3.36. The van der Waals surface area contributed by atoms with Gasteiger partial charge in [-0.25, -0.2) is 5.10 Å². The van der Waals surface area contributed by atoms with E-state index >= 15 is 0 Å². The fraction of sp³-hybridized carbons (Fsp3) is 0.474. The molecule has 3 rings (SSSR count). The van der Waals surface area contributed by atoms with Gasteiger partial charge in [0.05, 0.1) is 21.2 Å². The maximum absolute atomic E-state index is 11.8. The molecule has 1 fully saturated rings. The third kappa shape index (κ3) is 3.94. The van der Waals surface area contributed by atoms with Crippen molar-refractivity contribution in [1.29, 1.82) is 0 Å². The van der Waals surface area contributed by atoms with Gasteiger partial charge in [0.1, 0.15) is 0 Å². The maximum Gasteiger partial charge on any atom is 0.494 e. The van der Waals surface area contributed by atoms with Crippen molar-refractivity contribution < 1.29 is 14.0 Å². The summed E-state index contributed by atoms with van der Waals surface area (Å²) < 4.78 is 17.8. The Balaban J connectivity index is 1.90. The molecule has 2 aromatic rings. The van der Waals surface area contributed by atoms with Crippen molar-refractivity contribution in [3.63, 3.8) is 0 Å². The van der Waals surface area contributed by atoms with E-state index in [1.165, 1.54) is 0 Å². The standard InChI is InChI=1S/C19H23BCl2N2O4/c1-10(2)12-9-15(23-24-17(12)25)26-16-13(21)7-11(8-14(16)22)20-27-18(3,4)19(5,6)28-20/h7-10H,1-6H3,(H,24,25). The number of ether oxygens (including phenoxy) is 1. The molecule has 0 spiro atoms. The highest BCUT2D eigenvalue weighted by Crippen LogP contribution is 2.39. The number of hydrogen-bond acceptors (Lipinski definition) is 5. The molecule has 28 heavy (non-hydrogen) atoms. The number of H-pyrrole nitrogens is 1. The minimum Gasteiger partial charge on any atom is -0.434 e. The molecule has 6 nitrogen and oxygen atoms in total. The van der Waals surface area contributed by atoms with Gasteiger partial charge in [0.2, 0.25) is 5.88 Å². The average molecular weight is 425 g/mol. The zero-order chi connectivity index (χ0) is 20.9. The van der Waals surface area contributed by atoms with Crippen molar-refractivity contribution >= 4 is 35.8 Å². The summed E-state index contributed by atoms with van der Waals surface area (Å²) in [4.78, 5) is 11.8. The molecule has 0 atom stereocenters. The Labute approximate surface area is 174 Å². The lowest BCUT2D eigenvalue weighted by atomic mass is 9.79. The fourth-order valence-electron chi connectivity index (χ4n) is 2.78. The Hall–Kier alpha value is -1.54. The van der Waals surface area contributed by atoms with Crippen LogP contribution in [0.4, 0.5) is 0 Å². The molecule has 1 aliphatic rings. The van der Waals surface area contributed by atoms with Crippen LogP contribution in [-0.4, -0.2) is 28.5 Å². The van der Waals surface area contributed by atoms with E-state index in [0.29, 0.717) is 11.0 Å². The van der Waals surface area contributed by atoms with Crippen LogP contribution < -0.4 is 15.8 Å². The van der Waals surface area contributed by atoms with Gasteiger partial charge < -0.3 is 14.0 Å². The van der Waals surface area contributed by atoms with Crippen LogP contribution in [0.5, 0.6) is 11.6 Å². The van der Waals surface area contributed by atoms with Crippen LogP contribution in [0.25, 0.3) is 0 Å². The van der Waals surface area contributed by atoms with Gasteiger partial charge in [-0.1, -0.05) is 37.0 Å². The van der Waals surface area contributed by atoms with E-state index in [1.54, 1.807) is 18.2 Å². The minimum atomic E-state index is -0.590. The SMILES string of the molecule is CC(C)c1cc(Oc2c(Cl)cc(B3OC(C)(C)C(C)(C)O3)cc2Cl)n[nH]c1=O. The Morgan fingerprint density at radius 2 is 1.61 bits per heavy atom. The number of halogens is 2. The molecule has 0 radical (unpaired) electrons. The molecule has 9 heteroatoms. The summed E-state index contributed by atoms with van der Waals surface area (Å²) in [7, 11) is -0.590. The van der Waals surface area contributed by atoms with Crippen molar-refractivity contribution in [3.05, 3.63) is 44.2 Å². The van der Waals surface area contributed by atoms with Crippen LogP contribution in [0.15, 0.2) is 23.0 Å². The molecule has 0 bridgehead atoms. The molecular formula is C19H23BCl2N2O4. The Bertz CT molecular complexity index is 920. The highest BCUT2D eigenvalue weighted by Gasteiger charge is 2.51. The van der Waals surface area contributed by atoms with E-state index in [9.17, 15) is 4.79 Å². The second-order valence-corrected chi connectivity index (χ2v) is 8.96. The lowest BCUT2D eigenvalue weighted by Gasteiger charge is -2.32. The van der Waals surface area contributed by atoms with E-state index < -0.39 is 18.3 Å². The van der Waals surface area contributed by atoms with Gasteiger partial charge in [-0.05, 0) is 51.2 Å². The second-order valence-electron chi connectivity index (χ2n) is 8.15. The van der Waals surface area contributed by atoms with Crippen LogP contribution in [0.2, 0.25) is 10.0 Å². The molecule has 1 N–H and O–H groups in total. The summed E-state index contributed by atoms with van der Waals surface area (Å²) in [6.07, 6.45) is 0. The molecule has 0 aliphatic carbocycles. The summed E-state index contributed by atoms with van der Waals surface area (Å²) in [6.45, 7) is 11.7. The molecule has 2 heterocycles. The van der Waals surface area contributed by atoms with Crippen LogP contribution in [0.3, 0.4) is 0 Å². The zero-order valence-electron chi connectivity index (χ0n) is 16.7. The van der Waals surface area contributed by atoms with Gasteiger partial charge >= 0.3 is 7.12 Å². The number of rotatable bonds is 4. The quantitative estimate of drug-likeness (QED) is 0.741. The van der Waals surface area contributed by atoms with Crippen LogP contribution in [-0.2, 0) is 9.31 Å². The summed E-state index contributed by atoms with van der Waals surface area (Å²) in [5, 5.41) is 6.91. The van der Waals surface area contributed by atoms with Gasteiger partial charge in [0.15, 0.2) is 5.75 Å². The molecule has 1 saturated heterocycles. The number of benzene rings is 1. The molecule has 1 aromatic carbocycles. The van der Waals surface area contributed by atoms with E-state index in [4.69, 9.17) is 37.2 Å². The molecule has 1 aromatic heterocycles. The molecule has 0 amide bonds. The van der Waals surface area contributed by atoms with Gasteiger partial charge in [0.25, 0.3) is 5.56 Å². The molecule has 0 saturated carbocycles. The predicted octanol–water partition coefficient (Wildman–Crippen LogP) is 4.29. The van der Waals surface area contributed by atoms with E-state index in [0.717, 1.165) is 0 Å². The van der Waals surface area contributed by atoms with Crippen molar-refractivity contribution in [2.75, 3.05) is 0 Å². The van der Waals surface area contributed by atoms with E-state index in [2.05, 4.69) is 10.2 Å². The molecule has 0 unspecified atom stereocenters. The normalized spacial score (nSPS) is 18.0. The predicted molar refractivity (Wildman–Crippen MR) is 111 cm³/mol. The summed E-state index contributed by atoms with van der Waals surface area (Å²) in [6, 6.07) is 4.97. The molecule has 1 aliphatic heterocycles. The lowest BCUT2D eigenvalue weighted by Crippen LogP contribution is -2.41. The van der Waals surface area contributed by atoms with Crippen molar-refractivity contribution in [1.82, 2.24) is 10.2 Å². The first-order valence-corrected chi connectivity index (χ1v) is 9.79. The van der Waals surface area contributed by atoms with Crippen LogP contribution in [0, 0.1) is 0 Å². The van der Waals surface area contributed by atoms with Crippen molar-refractivity contribution in [3.8, 4) is 11.6 Å². The topological polar surface area (TPSA) is 73.4 Å². The second kappa shape index (κ2) is 7.37. The zero-order valence-corrected chi connectivity index (χ0v) is 18.2. The third-order valence-corrected chi connectivity index (χ3v) is 5.74. The average Bonchev–Trinajstić information content (AvgIpc) is 2.80. The minimum absolute atomic E-state index is 0.0193. The molecule has 150 valence electrons. The van der Waals surface area contributed by atoms with Gasteiger partial charge in [-0.3, -0.25) is 4.79 Å². The van der Waals surface area contributed by atoms with E-state index in [1.807, 2.05) is 41.5 Å². The Kier molecular flexibility index (Phi) is 5.58. The smallest absolute Gasteiger partial charge is 0.434 e. The van der Waals surface area contributed by atoms with Gasteiger partial charge in [-0.15, -0.1) is 5.10 Å². The Morgan fingerprint density at radius 3 is 2.11 bits per heavy atom. The van der Waals surface area contributed by atoms with Gasteiger partial charge in [-0.2, -0.15) is 0 Å². The van der Waals surface area contributed by atoms with Crippen molar-refractivity contribution in [2.24, 2.45) is 0 Å². The maximum atomic E-state index is 11.8. The number of nitrogens with one attached hydrogen (secondary N) is 1. The first-order chi connectivity index (χ1) is 12.9. The number of aromatic amines is 1. The van der Waals surface area contributed by atoms with E-state index in [-0.39, 0.29) is 33.2 Å². The number of hydrogen-bond donors (Lipinski definition) is 1. The largest absolute Gasteiger partial charge is 0.494 e. The number of nitrogens with zero attached hydrogens (tertiary/aromatic N) is 1. The summed E-state index contributed by atoms with van der Waals surface area (Å²) in [5.74, 6) is 0.471. The van der Waals surface area contributed by atoms with Crippen molar-refractivity contribution in [2.45, 2.75) is 58.7 Å². The summed E-state index contributed by atoms with van der Waals surface area (Å²) in [5.41, 5.74) is 0.0533. The number of aromatic nitrogens is 2. The first-order valence-electron chi connectivity index (χ1n) is 9.03. The molecular weight excluding hydrogens is 402 g/mol.